The van der Waals surface area contributed by atoms with Gasteiger partial charge in [-0.3, -0.25) is 0 Å². The predicted octanol–water partition coefficient (Wildman–Crippen LogP) is 4.17. The van der Waals surface area contributed by atoms with Crippen LogP contribution in [0.2, 0.25) is 62.5 Å². The van der Waals surface area contributed by atoms with Gasteiger partial charge in [0, 0.05) is 68.5 Å². The van der Waals surface area contributed by atoms with Crippen molar-refractivity contribution in [3.8, 4) is 0 Å². The van der Waals surface area contributed by atoms with E-state index < -0.39 is 51.9 Å². The number of ether oxygens (including phenoxy) is 1. The second-order valence-electron chi connectivity index (χ2n) is 9.98. The average molecular weight is 637 g/mol. The minimum Gasteiger partial charge on any atom is -0.416 e. The summed E-state index contributed by atoms with van der Waals surface area (Å²) < 4.78 is 67.8. The van der Waals surface area contributed by atoms with Gasteiger partial charge in [-0.15, -0.1) is 0 Å². The van der Waals surface area contributed by atoms with Gasteiger partial charge in [0.05, 0.1) is 0 Å². The van der Waals surface area contributed by atoms with E-state index in [2.05, 4.69) is 33.1 Å². The van der Waals surface area contributed by atoms with Crippen LogP contribution in [0, 0.1) is 0 Å². The van der Waals surface area contributed by atoms with Gasteiger partial charge in [0.2, 0.25) is 0 Å². The number of hydrogen-bond acceptors (Lipinski definition) is 11. The number of methoxy groups -OCH3 is 1. The Hall–Kier alpha value is 0.861. The van der Waals surface area contributed by atoms with E-state index in [9.17, 15) is 0 Å². The number of hydrogen-bond donors (Lipinski definition) is 0. The molecule has 1 heterocycles. The van der Waals surface area contributed by atoms with Crippen LogP contribution in [0.25, 0.3) is 0 Å². The standard InChI is InChI=1S/C20H52O11Si6/c1-13-32(9)28-33(10,16-14-15-21-2)30-35(12,18-20-37(25-6,26-7)27-8)31-34(11,29-32)17-19-36(22-3,23-4)24-5/h13-20H2,1-12H3. The van der Waals surface area contributed by atoms with Crippen molar-refractivity contribution in [2.45, 2.75) is 75.8 Å². The molecule has 0 spiro atoms. The average Bonchev–Trinajstić information content (AvgIpc) is 2.85. The molecule has 1 rings (SSSR count). The van der Waals surface area contributed by atoms with Crippen molar-refractivity contribution in [2.75, 3.05) is 56.4 Å². The summed E-state index contributed by atoms with van der Waals surface area (Å²) in [5.74, 6) is 0. The fraction of sp³-hybridized carbons (Fsp3) is 1.00. The van der Waals surface area contributed by atoms with Crippen molar-refractivity contribution in [1.29, 1.82) is 0 Å². The molecule has 0 N–H and O–H groups in total. The van der Waals surface area contributed by atoms with E-state index in [0.29, 0.717) is 30.8 Å². The Balaban J connectivity index is 3.43. The van der Waals surface area contributed by atoms with E-state index in [1.54, 1.807) is 49.8 Å². The molecule has 0 radical (unpaired) electrons. The lowest BCUT2D eigenvalue weighted by molar-refractivity contribution is 0.123. The molecule has 1 aliphatic rings. The summed E-state index contributed by atoms with van der Waals surface area (Å²) in [6.45, 7) is 11.3. The summed E-state index contributed by atoms with van der Waals surface area (Å²) in [6.07, 6.45) is 0.850. The van der Waals surface area contributed by atoms with Gasteiger partial charge in [0.1, 0.15) is 0 Å². The van der Waals surface area contributed by atoms with Gasteiger partial charge in [0.25, 0.3) is 0 Å². The minimum absolute atomic E-state index is 0.571. The molecule has 4 atom stereocenters. The van der Waals surface area contributed by atoms with Crippen molar-refractivity contribution in [1.82, 2.24) is 0 Å². The van der Waals surface area contributed by atoms with Crippen molar-refractivity contribution >= 4 is 51.9 Å². The molecule has 1 saturated heterocycles. The Morgan fingerprint density at radius 1 is 0.514 bits per heavy atom. The summed E-state index contributed by atoms with van der Waals surface area (Å²) >= 11 is 0. The summed E-state index contributed by atoms with van der Waals surface area (Å²) in [5.41, 5.74) is 0. The Morgan fingerprint density at radius 2 is 0.838 bits per heavy atom. The lowest BCUT2D eigenvalue weighted by Crippen LogP contribution is -2.67. The van der Waals surface area contributed by atoms with Crippen molar-refractivity contribution < 1.29 is 47.8 Å². The van der Waals surface area contributed by atoms with Crippen LogP contribution in [0.1, 0.15) is 13.3 Å². The zero-order chi connectivity index (χ0) is 28.4. The first-order chi connectivity index (χ1) is 17.2. The lowest BCUT2D eigenvalue weighted by atomic mass is 10.5. The normalized spacial score (nSPS) is 31.8. The predicted molar refractivity (Wildman–Crippen MR) is 155 cm³/mol. The van der Waals surface area contributed by atoms with Crippen LogP contribution < -0.4 is 0 Å². The molecule has 0 aromatic carbocycles. The first-order valence-electron chi connectivity index (χ1n) is 12.8. The smallest absolute Gasteiger partial charge is 0.416 e. The van der Waals surface area contributed by atoms with Crippen LogP contribution in [0.5, 0.6) is 0 Å². The molecule has 4 unspecified atom stereocenters. The largest absolute Gasteiger partial charge is 0.500 e. The Bertz CT molecular complexity index is 660. The van der Waals surface area contributed by atoms with Crippen LogP contribution in [0.15, 0.2) is 0 Å². The summed E-state index contributed by atoms with van der Waals surface area (Å²) in [7, 11) is -5.20. The fourth-order valence-electron chi connectivity index (χ4n) is 4.77. The first-order valence-corrected chi connectivity index (χ1v) is 26.8. The van der Waals surface area contributed by atoms with Crippen molar-refractivity contribution in [3.63, 3.8) is 0 Å². The fourth-order valence-corrected chi connectivity index (χ4v) is 34.3. The molecule has 1 aliphatic heterocycles. The second-order valence-corrected chi connectivity index (χ2v) is 30.7. The van der Waals surface area contributed by atoms with Crippen LogP contribution in [0.3, 0.4) is 0 Å². The SMILES string of the molecule is CC[Si]1(C)O[Si](C)(CCCOC)O[Si](C)(CC[Si](OC)(OC)OC)O[Si](C)(CC[Si](OC)(OC)OC)O1. The third kappa shape index (κ3) is 10.3. The van der Waals surface area contributed by atoms with Crippen LogP contribution in [0.4, 0.5) is 0 Å². The third-order valence-electron chi connectivity index (χ3n) is 6.99. The quantitative estimate of drug-likeness (QED) is 0.170. The molecule has 17 heteroatoms. The highest BCUT2D eigenvalue weighted by molar-refractivity contribution is 6.94. The maximum Gasteiger partial charge on any atom is 0.500 e. The van der Waals surface area contributed by atoms with E-state index in [0.717, 1.165) is 18.5 Å². The first kappa shape index (κ1) is 35.9. The zero-order valence-electron chi connectivity index (χ0n) is 25.1. The molecule has 0 aromatic rings. The lowest BCUT2D eigenvalue weighted by Gasteiger charge is -2.50. The minimum atomic E-state index is -2.87. The van der Waals surface area contributed by atoms with E-state index in [1.165, 1.54) is 0 Å². The molecule has 11 nitrogen and oxygen atoms in total. The molecule has 37 heavy (non-hydrogen) atoms. The van der Waals surface area contributed by atoms with Gasteiger partial charge in [-0.25, -0.2) is 0 Å². The Labute approximate surface area is 231 Å². The number of rotatable bonds is 17. The molecular formula is C20H52O11Si6. The monoisotopic (exact) mass is 636 g/mol. The Kier molecular flexibility index (Phi) is 14.7. The molecular weight excluding hydrogens is 585 g/mol. The molecule has 0 aliphatic carbocycles. The maximum atomic E-state index is 7.13. The topological polar surface area (TPSA) is 102 Å². The van der Waals surface area contributed by atoms with Gasteiger partial charge in [-0.2, -0.15) is 0 Å². The molecule has 0 aromatic heterocycles. The van der Waals surface area contributed by atoms with E-state index >= 15 is 0 Å². The summed E-state index contributed by atoms with van der Waals surface area (Å²) in [6, 6.07) is 4.00. The van der Waals surface area contributed by atoms with Gasteiger partial charge in [-0.05, 0) is 56.8 Å². The maximum absolute atomic E-state index is 7.13. The highest BCUT2D eigenvalue weighted by Crippen LogP contribution is 2.40. The van der Waals surface area contributed by atoms with Gasteiger partial charge in [0.15, 0.2) is 0 Å². The van der Waals surface area contributed by atoms with Crippen LogP contribution in [-0.2, 0) is 47.8 Å². The van der Waals surface area contributed by atoms with Crippen LogP contribution in [-0.4, -0.2) is 108 Å². The van der Waals surface area contributed by atoms with Gasteiger partial charge in [-0.1, -0.05) is 6.92 Å². The Morgan fingerprint density at radius 3 is 1.14 bits per heavy atom. The van der Waals surface area contributed by atoms with Gasteiger partial charge >= 0.3 is 51.9 Å². The molecule has 0 amide bonds. The molecule has 222 valence electrons. The summed E-state index contributed by atoms with van der Waals surface area (Å²) in [4.78, 5) is 0. The third-order valence-corrected chi connectivity index (χ3v) is 32.1. The summed E-state index contributed by atoms with van der Waals surface area (Å²) in [5, 5.41) is 0. The van der Waals surface area contributed by atoms with Gasteiger partial charge < -0.3 is 47.8 Å². The van der Waals surface area contributed by atoms with E-state index in [-0.39, 0.29) is 0 Å². The van der Waals surface area contributed by atoms with E-state index in [1.807, 2.05) is 0 Å². The molecule has 0 bridgehead atoms. The second kappa shape index (κ2) is 15.2. The van der Waals surface area contributed by atoms with Crippen LogP contribution >= 0.6 is 0 Å². The van der Waals surface area contributed by atoms with E-state index in [4.69, 9.17) is 47.8 Å². The molecule has 0 saturated carbocycles. The highest BCUT2D eigenvalue weighted by atomic mass is 28.5. The zero-order valence-corrected chi connectivity index (χ0v) is 31.1. The molecule has 1 fully saturated rings. The van der Waals surface area contributed by atoms with Crippen molar-refractivity contribution in [2.24, 2.45) is 0 Å². The highest BCUT2D eigenvalue weighted by Gasteiger charge is 2.58. The van der Waals surface area contributed by atoms with Crippen molar-refractivity contribution in [3.05, 3.63) is 0 Å².